The fourth-order valence-corrected chi connectivity index (χ4v) is 2.14. The lowest BCUT2D eigenvalue weighted by atomic mass is 10.1. The minimum atomic E-state index is -0.159. The van der Waals surface area contributed by atoms with Crippen LogP contribution >= 0.6 is 11.6 Å². The molecule has 0 radical (unpaired) electrons. The third kappa shape index (κ3) is 5.83. The first-order chi connectivity index (χ1) is 10.2. The quantitative estimate of drug-likeness (QED) is 0.862. The molecule has 2 aromatic rings. The lowest BCUT2D eigenvalue weighted by Crippen LogP contribution is -2.37. The summed E-state index contributed by atoms with van der Waals surface area (Å²) in [5.74, 6) is 0. The maximum Gasteiger partial charge on any atom is 0.314 e. The van der Waals surface area contributed by atoms with Crippen molar-refractivity contribution in [1.82, 2.24) is 15.6 Å². The minimum absolute atomic E-state index is 0.159. The number of hydrogen-bond donors (Lipinski definition) is 2. The molecule has 0 aliphatic rings. The monoisotopic (exact) mass is 303 g/mol. The summed E-state index contributed by atoms with van der Waals surface area (Å²) in [5, 5.41) is 6.35. The van der Waals surface area contributed by atoms with Crippen LogP contribution < -0.4 is 10.6 Å². The van der Waals surface area contributed by atoms with Crippen LogP contribution in [0.15, 0.2) is 48.7 Å². The fourth-order valence-electron chi connectivity index (χ4n) is 1.93. The van der Waals surface area contributed by atoms with E-state index in [1.165, 1.54) is 0 Å². The van der Waals surface area contributed by atoms with Crippen LogP contribution in [0.1, 0.15) is 11.3 Å². The molecule has 0 saturated carbocycles. The van der Waals surface area contributed by atoms with Crippen LogP contribution in [0.3, 0.4) is 0 Å². The molecular formula is C16H18ClN3O. The first kappa shape index (κ1) is 15.3. The Morgan fingerprint density at radius 1 is 1.05 bits per heavy atom. The molecule has 0 aliphatic heterocycles. The third-order valence-electron chi connectivity index (χ3n) is 2.98. The average molecular weight is 304 g/mol. The van der Waals surface area contributed by atoms with Gasteiger partial charge in [-0.2, -0.15) is 0 Å². The second kappa shape index (κ2) is 8.27. The Hall–Kier alpha value is -2.07. The van der Waals surface area contributed by atoms with Gasteiger partial charge < -0.3 is 10.6 Å². The topological polar surface area (TPSA) is 54.0 Å². The second-order valence-electron chi connectivity index (χ2n) is 4.63. The van der Waals surface area contributed by atoms with Gasteiger partial charge >= 0.3 is 6.03 Å². The van der Waals surface area contributed by atoms with Crippen LogP contribution in [0.2, 0.25) is 5.02 Å². The zero-order valence-electron chi connectivity index (χ0n) is 11.7. The van der Waals surface area contributed by atoms with Gasteiger partial charge in [-0.25, -0.2) is 4.79 Å². The highest BCUT2D eigenvalue weighted by molar-refractivity contribution is 6.30. The number of rotatable bonds is 6. The number of halogens is 1. The van der Waals surface area contributed by atoms with Crippen LogP contribution in [0.25, 0.3) is 0 Å². The maximum absolute atomic E-state index is 11.6. The Labute approximate surface area is 129 Å². The number of aromatic nitrogens is 1. The van der Waals surface area contributed by atoms with Crippen LogP contribution in [-0.2, 0) is 12.8 Å². The first-order valence-electron chi connectivity index (χ1n) is 6.90. The summed E-state index contributed by atoms with van der Waals surface area (Å²) < 4.78 is 0. The predicted octanol–water partition coefficient (Wildman–Crippen LogP) is 2.82. The van der Waals surface area contributed by atoms with Crippen molar-refractivity contribution < 1.29 is 4.79 Å². The molecule has 2 rings (SSSR count). The number of pyridine rings is 1. The summed E-state index contributed by atoms with van der Waals surface area (Å²) in [4.78, 5) is 15.8. The molecule has 2 N–H and O–H groups in total. The predicted molar refractivity (Wildman–Crippen MR) is 84.5 cm³/mol. The summed E-state index contributed by atoms with van der Waals surface area (Å²) in [7, 11) is 0. The van der Waals surface area contributed by atoms with E-state index in [4.69, 9.17) is 11.6 Å². The molecule has 0 bridgehead atoms. The van der Waals surface area contributed by atoms with E-state index in [1.807, 2.05) is 42.5 Å². The lowest BCUT2D eigenvalue weighted by Gasteiger charge is -2.07. The average Bonchev–Trinajstić information content (AvgIpc) is 2.48. The van der Waals surface area contributed by atoms with Crippen molar-refractivity contribution in [3.8, 4) is 0 Å². The van der Waals surface area contributed by atoms with E-state index in [9.17, 15) is 4.79 Å². The van der Waals surface area contributed by atoms with Crippen molar-refractivity contribution in [1.29, 1.82) is 0 Å². The second-order valence-corrected chi connectivity index (χ2v) is 5.07. The molecule has 1 heterocycles. The van der Waals surface area contributed by atoms with E-state index in [0.717, 1.165) is 24.1 Å². The Kier molecular flexibility index (Phi) is 6.03. The first-order valence-corrected chi connectivity index (χ1v) is 7.28. The van der Waals surface area contributed by atoms with Gasteiger partial charge in [-0.15, -0.1) is 0 Å². The zero-order valence-corrected chi connectivity index (χ0v) is 12.4. The number of nitrogens with zero attached hydrogens (tertiary/aromatic N) is 1. The van der Waals surface area contributed by atoms with Crippen LogP contribution in [0.5, 0.6) is 0 Å². The highest BCUT2D eigenvalue weighted by Crippen LogP contribution is 2.10. The van der Waals surface area contributed by atoms with Crippen molar-refractivity contribution in [3.05, 3.63) is 64.9 Å². The van der Waals surface area contributed by atoms with E-state index in [0.29, 0.717) is 18.1 Å². The summed E-state index contributed by atoms with van der Waals surface area (Å²) in [6.07, 6.45) is 3.23. The summed E-state index contributed by atoms with van der Waals surface area (Å²) in [6, 6.07) is 13.2. The summed E-state index contributed by atoms with van der Waals surface area (Å²) in [5.41, 5.74) is 2.08. The van der Waals surface area contributed by atoms with E-state index < -0.39 is 0 Å². The van der Waals surface area contributed by atoms with Gasteiger partial charge in [0, 0.05) is 36.4 Å². The maximum atomic E-state index is 11.6. The van der Waals surface area contributed by atoms with Crippen molar-refractivity contribution >= 4 is 17.6 Å². The van der Waals surface area contributed by atoms with Crippen LogP contribution in [-0.4, -0.2) is 24.1 Å². The van der Waals surface area contributed by atoms with E-state index in [-0.39, 0.29) is 6.03 Å². The molecule has 5 heteroatoms. The minimum Gasteiger partial charge on any atom is -0.338 e. The Morgan fingerprint density at radius 3 is 2.57 bits per heavy atom. The normalized spacial score (nSPS) is 10.1. The number of hydrogen-bond acceptors (Lipinski definition) is 2. The summed E-state index contributed by atoms with van der Waals surface area (Å²) >= 11 is 5.91. The largest absolute Gasteiger partial charge is 0.338 e. The van der Waals surface area contributed by atoms with Gasteiger partial charge in [0.25, 0.3) is 0 Å². The van der Waals surface area contributed by atoms with Crippen molar-refractivity contribution in [3.63, 3.8) is 0 Å². The number of carbonyl (C=O) groups excluding carboxylic acids is 1. The molecule has 110 valence electrons. The van der Waals surface area contributed by atoms with Gasteiger partial charge in [-0.05, 0) is 36.2 Å². The molecule has 0 unspecified atom stereocenters. The molecule has 0 saturated heterocycles. The summed E-state index contributed by atoms with van der Waals surface area (Å²) in [6.45, 7) is 1.15. The SMILES string of the molecule is O=C(NCCc1cccc(Cl)c1)NCCc1ccccn1. The number of urea groups is 1. The van der Waals surface area contributed by atoms with Gasteiger partial charge in [0.1, 0.15) is 0 Å². The van der Waals surface area contributed by atoms with E-state index in [2.05, 4.69) is 15.6 Å². The molecule has 0 fully saturated rings. The van der Waals surface area contributed by atoms with Crippen molar-refractivity contribution in [2.75, 3.05) is 13.1 Å². The number of benzene rings is 1. The molecule has 0 spiro atoms. The Morgan fingerprint density at radius 2 is 1.86 bits per heavy atom. The molecule has 4 nitrogen and oxygen atoms in total. The number of carbonyl (C=O) groups is 1. The van der Waals surface area contributed by atoms with Crippen molar-refractivity contribution in [2.45, 2.75) is 12.8 Å². The van der Waals surface area contributed by atoms with Crippen LogP contribution in [0.4, 0.5) is 4.79 Å². The van der Waals surface area contributed by atoms with Gasteiger partial charge in [0.2, 0.25) is 0 Å². The van der Waals surface area contributed by atoms with Gasteiger partial charge in [-0.1, -0.05) is 29.8 Å². The van der Waals surface area contributed by atoms with E-state index >= 15 is 0 Å². The molecule has 1 aromatic heterocycles. The lowest BCUT2D eigenvalue weighted by molar-refractivity contribution is 0.241. The molecule has 21 heavy (non-hydrogen) atoms. The van der Waals surface area contributed by atoms with Gasteiger partial charge in [0.05, 0.1) is 0 Å². The Bertz CT molecular complexity index is 575. The highest BCUT2D eigenvalue weighted by atomic mass is 35.5. The zero-order chi connectivity index (χ0) is 14.9. The molecule has 1 aromatic carbocycles. The van der Waals surface area contributed by atoms with Gasteiger partial charge in [0.15, 0.2) is 0 Å². The third-order valence-corrected chi connectivity index (χ3v) is 3.22. The number of nitrogens with one attached hydrogen (secondary N) is 2. The molecule has 2 amide bonds. The smallest absolute Gasteiger partial charge is 0.314 e. The van der Waals surface area contributed by atoms with E-state index in [1.54, 1.807) is 6.20 Å². The molecule has 0 atom stereocenters. The fraction of sp³-hybridized carbons (Fsp3) is 0.250. The van der Waals surface area contributed by atoms with Crippen molar-refractivity contribution in [2.24, 2.45) is 0 Å². The number of amides is 2. The molecule has 0 aliphatic carbocycles. The Balaban J connectivity index is 1.61. The van der Waals surface area contributed by atoms with Crippen LogP contribution in [0, 0.1) is 0 Å². The molecular weight excluding hydrogens is 286 g/mol. The highest BCUT2D eigenvalue weighted by Gasteiger charge is 2.00. The standard InChI is InChI=1S/C16H18ClN3O/c17-14-5-3-4-13(12-14)7-10-19-16(21)20-11-8-15-6-1-2-9-18-15/h1-6,9,12H,7-8,10-11H2,(H2,19,20,21). The van der Waals surface area contributed by atoms with Gasteiger partial charge in [-0.3, -0.25) is 4.98 Å².